The predicted octanol–water partition coefficient (Wildman–Crippen LogP) is 4.23. The maximum absolute atomic E-state index is 6.26. The van der Waals surface area contributed by atoms with Crippen LogP contribution in [0.3, 0.4) is 0 Å². The third-order valence-electron chi connectivity index (χ3n) is 3.12. The highest BCUT2D eigenvalue weighted by Crippen LogP contribution is 2.31. The van der Waals surface area contributed by atoms with E-state index in [2.05, 4.69) is 21.5 Å². The van der Waals surface area contributed by atoms with Gasteiger partial charge in [-0.1, -0.05) is 30.3 Å². The molecule has 0 unspecified atom stereocenters. The summed E-state index contributed by atoms with van der Waals surface area (Å²) in [5.41, 5.74) is 4.62. The summed E-state index contributed by atoms with van der Waals surface area (Å²) in [5, 5.41) is 1.69. The number of hydrogen-bond acceptors (Lipinski definition) is 2. The predicted molar refractivity (Wildman–Crippen MR) is 79.2 cm³/mol. The highest BCUT2D eigenvalue weighted by molar-refractivity contribution is 6.37. The molecule has 0 aliphatic heterocycles. The molecule has 19 heavy (non-hydrogen) atoms. The van der Waals surface area contributed by atoms with Crippen molar-refractivity contribution < 1.29 is 0 Å². The summed E-state index contributed by atoms with van der Waals surface area (Å²) in [6, 6.07) is 6.03. The van der Waals surface area contributed by atoms with Gasteiger partial charge in [0.1, 0.15) is 0 Å². The number of rotatable bonds is 2. The van der Waals surface area contributed by atoms with Gasteiger partial charge in [0.15, 0.2) is 0 Å². The van der Waals surface area contributed by atoms with Crippen LogP contribution in [0.1, 0.15) is 11.4 Å². The normalized spacial score (nSPS) is 10.8. The van der Waals surface area contributed by atoms with Gasteiger partial charge in [0.05, 0.1) is 22.1 Å². The number of H-pyrrole nitrogens is 1. The van der Waals surface area contributed by atoms with E-state index in [4.69, 9.17) is 11.6 Å². The lowest BCUT2D eigenvalue weighted by atomic mass is 10.1. The second kappa shape index (κ2) is 4.52. The lowest BCUT2D eigenvalue weighted by molar-refractivity contribution is 1.12. The summed E-state index contributed by atoms with van der Waals surface area (Å²) in [7, 11) is 0. The van der Waals surface area contributed by atoms with Gasteiger partial charge in [-0.25, -0.2) is 0 Å². The van der Waals surface area contributed by atoms with Crippen LogP contribution >= 0.6 is 11.6 Å². The maximum atomic E-state index is 6.26. The van der Waals surface area contributed by atoms with Crippen LogP contribution in [0.5, 0.6) is 0 Å². The molecule has 0 aliphatic rings. The summed E-state index contributed by atoms with van der Waals surface area (Å²) in [6.45, 7) is 5.69. The third kappa shape index (κ3) is 1.92. The first-order valence-electron chi connectivity index (χ1n) is 5.92. The largest absolute Gasteiger partial charge is 0.354 e. The van der Waals surface area contributed by atoms with Crippen molar-refractivity contribution in [2.45, 2.75) is 6.92 Å². The molecule has 1 N–H and O–H groups in total. The molecule has 3 nitrogen and oxygen atoms in total. The third-order valence-corrected chi connectivity index (χ3v) is 3.53. The van der Waals surface area contributed by atoms with Gasteiger partial charge in [0.2, 0.25) is 0 Å². The fourth-order valence-electron chi connectivity index (χ4n) is 2.16. The number of aromatic amines is 1. The number of fused-ring (bicyclic) bond motifs is 1. The smallest absolute Gasteiger partial charge is 0.0915 e. The number of benzene rings is 1. The van der Waals surface area contributed by atoms with Crippen LogP contribution in [-0.4, -0.2) is 15.0 Å². The molecule has 0 amide bonds. The molecule has 0 saturated carbocycles. The molecule has 0 aliphatic carbocycles. The van der Waals surface area contributed by atoms with E-state index in [9.17, 15) is 0 Å². The van der Waals surface area contributed by atoms with Crippen molar-refractivity contribution in [3.63, 3.8) is 0 Å². The van der Waals surface area contributed by atoms with Gasteiger partial charge in [-0.15, -0.1) is 0 Å². The van der Waals surface area contributed by atoms with Crippen molar-refractivity contribution >= 4 is 28.6 Å². The molecule has 1 aromatic carbocycles. The lowest BCUT2D eigenvalue weighted by Gasteiger charge is -2.03. The molecular weight excluding hydrogens is 258 g/mol. The van der Waals surface area contributed by atoms with Crippen molar-refractivity contribution in [2.24, 2.45) is 0 Å². The number of nitrogens with one attached hydrogen (secondary N) is 1. The first kappa shape index (κ1) is 11.9. The van der Waals surface area contributed by atoms with E-state index in [0.29, 0.717) is 5.02 Å². The molecule has 2 heterocycles. The molecule has 0 spiro atoms. The van der Waals surface area contributed by atoms with Gasteiger partial charge in [-0.05, 0) is 19.1 Å². The number of hydrogen-bond donors (Lipinski definition) is 1. The molecular formula is C15H12ClN3. The number of halogens is 1. The van der Waals surface area contributed by atoms with E-state index in [1.807, 2.05) is 25.1 Å². The Kier molecular flexibility index (Phi) is 2.84. The topological polar surface area (TPSA) is 41.6 Å². The van der Waals surface area contributed by atoms with E-state index in [1.54, 1.807) is 18.5 Å². The van der Waals surface area contributed by atoms with E-state index >= 15 is 0 Å². The number of aryl methyl sites for hydroxylation is 1. The molecule has 0 saturated heterocycles. The van der Waals surface area contributed by atoms with Crippen LogP contribution in [0.2, 0.25) is 5.02 Å². The van der Waals surface area contributed by atoms with Crippen LogP contribution in [-0.2, 0) is 0 Å². The average molecular weight is 270 g/mol. The summed E-state index contributed by atoms with van der Waals surface area (Å²) in [5.74, 6) is 0. The average Bonchev–Trinajstić information content (AvgIpc) is 2.75. The lowest BCUT2D eigenvalue weighted by Crippen LogP contribution is -1.90. The summed E-state index contributed by atoms with van der Waals surface area (Å²) in [6.07, 6.45) is 5.11. The van der Waals surface area contributed by atoms with E-state index < -0.39 is 0 Å². The van der Waals surface area contributed by atoms with Crippen LogP contribution < -0.4 is 0 Å². The van der Waals surface area contributed by atoms with E-state index in [1.165, 1.54) is 0 Å². The second-order valence-electron chi connectivity index (χ2n) is 4.31. The first-order chi connectivity index (χ1) is 9.20. The summed E-state index contributed by atoms with van der Waals surface area (Å²) in [4.78, 5) is 11.9. The van der Waals surface area contributed by atoms with Gasteiger partial charge < -0.3 is 4.98 Å². The number of aromatic nitrogens is 3. The Morgan fingerprint density at radius 1 is 1.26 bits per heavy atom. The molecule has 0 bridgehead atoms. The fraction of sp³-hybridized carbons (Fsp3) is 0.0667. The molecule has 3 rings (SSSR count). The SMILES string of the molecule is C=Cc1[nH]c2cc(-c3nccnc3C)ccc2c1Cl. The quantitative estimate of drug-likeness (QED) is 0.756. The Morgan fingerprint density at radius 2 is 2.05 bits per heavy atom. The zero-order valence-corrected chi connectivity index (χ0v) is 11.2. The summed E-state index contributed by atoms with van der Waals surface area (Å²) >= 11 is 6.26. The minimum Gasteiger partial charge on any atom is -0.354 e. The molecule has 94 valence electrons. The minimum absolute atomic E-state index is 0.701. The molecule has 0 fully saturated rings. The van der Waals surface area contributed by atoms with Gasteiger partial charge in [0.25, 0.3) is 0 Å². The molecule has 0 radical (unpaired) electrons. The molecule has 0 atom stereocenters. The highest BCUT2D eigenvalue weighted by atomic mass is 35.5. The Labute approximate surface area is 116 Å². The second-order valence-corrected chi connectivity index (χ2v) is 4.69. The Morgan fingerprint density at radius 3 is 2.79 bits per heavy atom. The van der Waals surface area contributed by atoms with Crippen LogP contribution in [0.25, 0.3) is 28.2 Å². The van der Waals surface area contributed by atoms with E-state index in [0.717, 1.165) is 33.5 Å². The highest BCUT2D eigenvalue weighted by Gasteiger charge is 2.10. The zero-order valence-electron chi connectivity index (χ0n) is 10.4. The van der Waals surface area contributed by atoms with Crippen LogP contribution in [0, 0.1) is 6.92 Å². The van der Waals surface area contributed by atoms with Gasteiger partial charge in [-0.3, -0.25) is 9.97 Å². The maximum Gasteiger partial charge on any atom is 0.0915 e. The Bertz CT molecular complexity index is 774. The standard InChI is InChI=1S/C15H12ClN3/c1-3-12-14(16)11-5-4-10(8-13(11)19-12)15-9(2)17-6-7-18-15/h3-8,19H,1H2,2H3. The van der Waals surface area contributed by atoms with Gasteiger partial charge in [0, 0.05) is 28.9 Å². The van der Waals surface area contributed by atoms with Crippen LogP contribution in [0.4, 0.5) is 0 Å². The van der Waals surface area contributed by atoms with Crippen LogP contribution in [0.15, 0.2) is 37.2 Å². The first-order valence-corrected chi connectivity index (χ1v) is 6.30. The minimum atomic E-state index is 0.701. The Balaban J connectivity index is 2.22. The van der Waals surface area contributed by atoms with Gasteiger partial charge in [-0.2, -0.15) is 0 Å². The number of nitrogens with zero attached hydrogens (tertiary/aromatic N) is 2. The molecule has 3 aromatic rings. The Hall–Kier alpha value is -2.13. The molecule has 4 heteroatoms. The van der Waals surface area contributed by atoms with Crippen molar-refractivity contribution in [3.05, 3.63) is 53.6 Å². The molecule has 2 aromatic heterocycles. The monoisotopic (exact) mass is 269 g/mol. The fourth-order valence-corrected chi connectivity index (χ4v) is 2.45. The zero-order chi connectivity index (χ0) is 13.4. The van der Waals surface area contributed by atoms with Crippen molar-refractivity contribution in [1.82, 2.24) is 15.0 Å². The van der Waals surface area contributed by atoms with Gasteiger partial charge >= 0.3 is 0 Å². The van der Waals surface area contributed by atoms with Crippen molar-refractivity contribution in [1.29, 1.82) is 0 Å². The van der Waals surface area contributed by atoms with Crippen molar-refractivity contribution in [3.8, 4) is 11.3 Å². The summed E-state index contributed by atoms with van der Waals surface area (Å²) < 4.78 is 0. The van der Waals surface area contributed by atoms with Crippen molar-refractivity contribution in [2.75, 3.05) is 0 Å². The van der Waals surface area contributed by atoms with E-state index in [-0.39, 0.29) is 0 Å².